The van der Waals surface area contributed by atoms with E-state index >= 15 is 0 Å². The summed E-state index contributed by atoms with van der Waals surface area (Å²) in [4.78, 5) is 0. The highest BCUT2D eigenvalue weighted by Gasteiger charge is 1.97. The molecule has 10 heavy (non-hydrogen) atoms. The lowest BCUT2D eigenvalue weighted by Crippen LogP contribution is -2.15. The summed E-state index contributed by atoms with van der Waals surface area (Å²) in [5, 5.41) is 12.7. The third kappa shape index (κ3) is 1.59. The quantitative estimate of drug-likeness (QED) is 0.209. The van der Waals surface area contributed by atoms with Crippen LogP contribution in [0.1, 0.15) is 5.69 Å². The van der Waals surface area contributed by atoms with Crippen molar-refractivity contribution in [2.45, 2.75) is 0 Å². The van der Waals surface area contributed by atoms with Crippen molar-refractivity contribution in [2.24, 2.45) is 16.7 Å². The summed E-state index contributed by atoms with van der Waals surface area (Å²) in [5.41, 5.74) is 5.70. The van der Waals surface area contributed by atoms with Crippen molar-refractivity contribution in [1.82, 2.24) is 15.4 Å². The number of hydrogen-bond acceptors (Lipinski definition) is 4. The summed E-state index contributed by atoms with van der Waals surface area (Å²) in [6, 6.07) is 0. The second kappa shape index (κ2) is 3.67. The molecule has 0 aromatic carbocycles. The van der Waals surface area contributed by atoms with Crippen LogP contribution < -0.4 is 11.6 Å². The van der Waals surface area contributed by atoms with E-state index in [0.29, 0.717) is 5.69 Å². The van der Waals surface area contributed by atoms with E-state index in [0.717, 1.165) is 0 Å². The van der Waals surface area contributed by atoms with Gasteiger partial charge in [0, 0.05) is 0 Å². The zero-order valence-electron chi connectivity index (χ0n) is 4.98. The molecule has 0 spiro atoms. The van der Waals surface area contributed by atoms with Gasteiger partial charge < -0.3 is 11.6 Å². The number of halogens is 1. The molecule has 5 N–H and O–H groups in total. The van der Waals surface area contributed by atoms with Crippen LogP contribution in [0.4, 0.5) is 0 Å². The normalized spacial score (nSPS) is 10.6. The topological polar surface area (TPSA) is 106 Å². The van der Waals surface area contributed by atoms with Gasteiger partial charge in [0.05, 0.1) is 6.20 Å². The fourth-order valence-corrected chi connectivity index (χ4v) is 0.391. The minimum Gasteiger partial charge on any atom is -0.380 e. The highest BCUT2D eigenvalue weighted by atomic mass is 35.5. The van der Waals surface area contributed by atoms with Crippen LogP contribution in [0.25, 0.3) is 0 Å². The van der Waals surface area contributed by atoms with Gasteiger partial charge in [0.2, 0.25) is 0 Å². The molecule has 1 rings (SSSR count). The van der Waals surface area contributed by atoms with Gasteiger partial charge in [0.1, 0.15) is 5.69 Å². The second-order valence-corrected chi connectivity index (χ2v) is 1.37. The maximum Gasteiger partial charge on any atom is 0.172 e. The lowest BCUT2D eigenvalue weighted by molar-refractivity contribution is 0.936. The van der Waals surface area contributed by atoms with Crippen LogP contribution in [0.2, 0.25) is 0 Å². The first-order chi connectivity index (χ1) is 4.34. The van der Waals surface area contributed by atoms with E-state index in [1.807, 2.05) is 0 Å². The average Bonchev–Trinajstić information content (AvgIpc) is 2.37. The zero-order valence-corrected chi connectivity index (χ0v) is 5.80. The molecule has 0 atom stereocenters. The van der Waals surface area contributed by atoms with Crippen LogP contribution in [0.5, 0.6) is 0 Å². The maximum atomic E-state index is 5.24. The van der Waals surface area contributed by atoms with E-state index in [1.54, 1.807) is 0 Å². The molecule has 0 saturated heterocycles. The SMILES string of the molecule is Cl.N/N=C(/N)c1cn[nH]n1. The lowest BCUT2D eigenvalue weighted by atomic mass is 10.5. The van der Waals surface area contributed by atoms with Gasteiger partial charge in [-0.3, -0.25) is 0 Å². The predicted molar refractivity (Wildman–Crippen MR) is 38.5 cm³/mol. The minimum atomic E-state index is 0. The van der Waals surface area contributed by atoms with E-state index in [2.05, 4.69) is 20.5 Å². The van der Waals surface area contributed by atoms with Gasteiger partial charge in [0.25, 0.3) is 0 Å². The molecule has 0 radical (unpaired) electrons. The Morgan fingerprint density at radius 1 is 1.70 bits per heavy atom. The van der Waals surface area contributed by atoms with Gasteiger partial charge in [-0.25, -0.2) is 0 Å². The number of hydrogen-bond donors (Lipinski definition) is 3. The molecule has 1 heterocycles. The molecule has 0 bridgehead atoms. The summed E-state index contributed by atoms with van der Waals surface area (Å²) >= 11 is 0. The van der Waals surface area contributed by atoms with Crippen LogP contribution in [-0.4, -0.2) is 21.2 Å². The largest absolute Gasteiger partial charge is 0.380 e. The predicted octanol–water partition coefficient (Wildman–Crippen LogP) is -1.19. The highest BCUT2D eigenvalue weighted by molar-refractivity contribution is 5.94. The molecule has 1 aromatic rings. The fourth-order valence-electron chi connectivity index (χ4n) is 0.391. The number of hydrazone groups is 1. The van der Waals surface area contributed by atoms with E-state index < -0.39 is 0 Å². The third-order valence-electron chi connectivity index (χ3n) is 0.817. The Labute approximate surface area is 63.1 Å². The Morgan fingerprint density at radius 3 is 2.80 bits per heavy atom. The Kier molecular flexibility index (Phi) is 3.20. The van der Waals surface area contributed by atoms with Crippen molar-refractivity contribution < 1.29 is 0 Å². The number of nitrogens with two attached hydrogens (primary N) is 2. The molecule has 0 aliphatic carbocycles. The molecule has 56 valence electrons. The van der Waals surface area contributed by atoms with Crippen molar-refractivity contribution in [3.05, 3.63) is 11.9 Å². The molecule has 7 heteroatoms. The smallest absolute Gasteiger partial charge is 0.172 e. The molecule has 0 aliphatic heterocycles. The molecular weight excluding hydrogens is 156 g/mol. The zero-order chi connectivity index (χ0) is 6.69. The first-order valence-corrected chi connectivity index (χ1v) is 2.24. The second-order valence-electron chi connectivity index (χ2n) is 1.37. The van der Waals surface area contributed by atoms with Crippen molar-refractivity contribution in [3.63, 3.8) is 0 Å². The van der Waals surface area contributed by atoms with Gasteiger partial charge >= 0.3 is 0 Å². The van der Waals surface area contributed by atoms with Crippen molar-refractivity contribution in [3.8, 4) is 0 Å². The third-order valence-corrected chi connectivity index (χ3v) is 0.817. The molecule has 0 aliphatic rings. The standard InChI is InChI=1S/C3H6N6.ClH/c4-3(7-5)2-1-6-9-8-2;/h1H,5H2,(H2,4,7)(H,6,8,9);1H. The number of amidine groups is 1. The van der Waals surface area contributed by atoms with Gasteiger partial charge in [-0.15, -0.1) is 12.4 Å². The van der Waals surface area contributed by atoms with E-state index in [-0.39, 0.29) is 18.2 Å². The monoisotopic (exact) mass is 162 g/mol. The lowest BCUT2D eigenvalue weighted by Gasteiger charge is -1.86. The first-order valence-electron chi connectivity index (χ1n) is 2.24. The van der Waals surface area contributed by atoms with E-state index in [9.17, 15) is 0 Å². The molecule has 1 aromatic heterocycles. The summed E-state index contributed by atoms with van der Waals surface area (Å²) in [7, 11) is 0. The number of rotatable bonds is 1. The first kappa shape index (κ1) is 8.70. The Hall–Kier alpha value is -1.30. The van der Waals surface area contributed by atoms with Crippen molar-refractivity contribution in [2.75, 3.05) is 0 Å². The van der Waals surface area contributed by atoms with Gasteiger partial charge in [0.15, 0.2) is 5.84 Å². The number of H-pyrrole nitrogens is 1. The molecule has 6 nitrogen and oxygen atoms in total. The molecule has 0 unspecified atom stereocenters. The number of nitrogens with zero attached hydrogens (tertiary/aromatic N) is 3. The highest BCUT2D eigenvalue weighted by Crippen LogP contribution is 1.83. The van der Waals surface area contributed by atoms with Gasteiger partial charge in [-0.05, 0) is 0 Å². The summed E-state index contributed by atoms with van der Waals surface area (Å²) in [6.45, 7) is 0. The fraction of sp³-hybridized carbons (Fsp3) is 0. The average molecular weight is 163 g/mol. The maximum absolute atomic E-state index is 5.24. The minimum absolute atomic E-state index is 0. The van der Waals surface area contributed by atoms with Crippen LogP contribution in [-0.2, 0) is 0 Å². The number of nitrogens with one attached hydrogen (secondary N) is 1. The molecular formula is C3H7ClN6. The van der Waals surface area contributed by atoms with Crippen molar-refractivity contribution >= 4 is 18.2 Å². The Bertz CT molecular complexity index is 203. The molecule has 0 amide bonds. The van der Waals surface area contributed by atoms with Crippen LogP contribution in [0.3, 0.4) is 0 Å². The van der Waals surface area contributed by atoms with Crippen LogP contribution in [0.15, 0.2) is 11.3 Å². The van der Waals surface area contributed by atoms with Gasteiger partial charge in [-0.1, -0.05) is 0 Å². The Balaban J connectivity index is 0.000000810. The van der Waals surface area contributed by atoms with Crippen molar-refractivity contribution in [1.29, 1.82) is 0 Å². The number of aromatic nitrogens is 3. The Morgan fingerprint density at radius 2 is 2.40 bits per heavy atom. The van der Waals surface area contributed by atoms with Crippen LogP contribution >= 0.6 is 12.4 Å². The van der Waals surface area contributed by atoms with E-state index in [1.165, 1.54) is 6.20 Å². The number of aromatic amines is 1. The molecule has 0 saturated carbocycles. The van der Waals surface area contributed by atoms with E-state index in [4.69, 9.17) is 11.6 Å². The summed E-state index contributed by atoms with van der Waals surface area (Å²) < 4.78 is 0. The molecule has 0 fully saturated rings. The summed E-state index contributed by atoms with van der Waals surface area (Å²) in [5.74, 6) is 5.01. The van der Waals surface area contributed by atoms with Crippen LogP contribution in [0, 0.1) is 0 Å². The van der Waals surface area contributed by atoms with Gasteiger partial charge in [-0.2, -0.15) is 20.5 Å². The summed E-state index contributed by atoms with van der Waals surface area (Å²) in [6.07, 6.45) is 1.44.